The van der Waals surface area contributed by atoms with Gasteiger partial charge in [-0.25, -0.2) is 4.68 Å². The summed E-state index contributed by atoms with van der Waals surface area (Å²) >= 11 is 0. The second kappa shape index (κ2) is 5.52. The quantitative estimate of drug-likeness (QED) is 0.840. The lowest BCUT2D eigenvalue weighted by molar-refractivity contribution is -0.0669. The van der Waals surface area contributed by atoms with Gasteiger partial charge in [0.1, 0.15) is 0 Å². The van der Waals surface area contributed by atoms with Crippen molar-refractivity contribution in [3.05, 3.63) is 47.3 Å². The molecule has 0 unspecified atom stereocenters. The molecule has 1 aromatic heterocycles. The highest BCUT2D eigenvalue weighted by atomic mass is 16.5. The molecule has 0 N–H and O–H groups in total. The van der Waals surface area contributed by atoms with E-state index in [0.29, 0.717) is 6.61 Å². The molecule has 2 atom stereocenters. The summed E-state index contributed by atoms with van der Waals surface area (Å²) in [4.78, 5) is 2.37. The van der Waals surface area contributed by atoms with Gasteiger partial charge in [0.25, 0.3) is 0 Å². The highest BCUT2D eigenvalue weighted by Crippen LogP contribution is 2.30. The van der Waals surface area contributed by atoms with Gasteiger partial charge in [0, 0.05) is 19.6 Å². The minimum Gasteiger partial charge on any atom is -0.370 e. The zero-order valence-corrected chi connectivity index (χ0v) is 12.2. The number of aromatic nitrogens is 3. The second-order valence-corrected chi connectivity index (χ2v) is 5.88. The lowest BCUT2D eigenvalue weighted by atomic mass is 9.99. The fourth-order valence-corrected chi connectivity index (χ4v) is 3.40. The van der Waals surface area contributed by atoms with Crippen molar-refractivity contribution in [2.75, 3.05) is 13.1 Å². The number of ether oxygens (including phenoxy) is 1. The van der Waals surface area contributed by atoms with Crippen LogP contribution in [0.25, 0.3) is 0 Å². The summed E-state index contributed by atoms with van der Waals surface area (Å²) in [6.45, 7) is 3.24. The number of nitrogens with zero attached hydrogens (tertiary/aromatic N) is 5. The Balaban J connectivity index is 1.54. The monoisotopic (exact) mass is 295 g/mol. The first-order valence-electron chi connectivity index (χ1n) is 7.56. The Hall–Kier alpha value is -2.23. The third kappa shape index (κ3) is 2.28. The number of nitriles is 1. The standard InChI is InChI=1S/C16H17N5O/c17-7-12-3-1-2-4-13(12)9-20-6-5-16-15(10-20)21-14(11-22-16)8-18-19-21/h1-4,8,15-16H,5-6,9-11H2/t15-,16-/m0/s1. The molecule has 1 aromatic carbocycles. The maximum absolute atomic E-state index is 9.23. The maximum atomic E-state index is 9.23. The van der Waals surface area contributed by atoms with Crippen LogP contribution in [0.2, 0.25) is 0 Å². The van der Waals surface area contributed by atoms with Crippen molar-refractivity contribution in [1.29, 1.82) is 5.26 Å². The average Bonchev–Trinajstić information content (AvgIpc) is 3.04. The number of fused-ring (bicyclic) bond motifs is 3. The van der Waals surface area contributed by atoms with E-state index in [-0.39, 0.29) is 12.1 Å². The molecule has 2 aromatic rings. The Morgan fingerprint density at radius 3 is 3.18 bits per heavy atom. The number of hydrogen-bond donors (Lipinski definition) is 0. The molecule has 0 radical (unpaired) electrons. The van der Waals surface area contributed by atoms with Crippen molar-refractivity contribution < 1.29 is 4.74 Å². The fourth-order valence-electron chi connectivity index (χ4n) is 3.40. The van der Waals surface area contributed by atoms with E-state index in [9.17, 15) is 5.26 Å². The Bertz CT molecular complexity index is 719. The molecule has 22 heavy (non-hydrogen) atoms. The molecule has 0 saturated carbocycles. The van der Waals surface area contributed by atoms with Gasteiger partial charge in [0.15, 0.2) is 0 Å². The predicted octanol–water partition coefficient (Wildman–Crippen LogP) is 1.50. The van der Waals surface area contributed by atoms with Crippen LogP contribution in [0.4, 0.5) is 0 Å². The first-order valence-corrected chi connectivity index (χ1v) is 7.56. The Morgan fingerprint density at radius 2 is 2.27 bits per heavy atom. The van der Waals surface area contributed by atoms with Gasteiger partial charge in [-0.15, -0.1) is 5.10 Å². The molecule has 1 fully saturated rings. The van der Waals surface area contributed by atoms with Gasteiger partial charge >= 0.3 is 0 Å². The molecule has 1 saturated heterocycles. The van der Waals surface area contributed by atoms with E-state index in [0.717, 1.165) is 42.9 Å². The fraction of sp³-hybridized carbons (Fsp3) is 0.438. The topological polar surface area (TPSA) is 67.0 Å². The lowest BCUT2D eigenvalue weighted by Crippen LogP contribution is -2.47. The van der Waals surface area contributed by atoms with Crippen molar-refractivity contribution in [1.82, 2.24) is 19.9 Å². The van der Waals surface area contributed by atoms with E-state index in [1.165, 1.54) is 0 Å². The van der Waals surface area contributed by atoms with Crippen molar-refractivity contribution in [2.24, 2.45) is 0 Å². The molecule has 4 rings (SSSR count). The Labute approximate surface area is 128 Å². The summed E-state index contributed by atoms with van der Waals surface area (Å²) in [5.74, 6) is 0. The molecule has 0 bridgehead atoms. The summed E-state index contributed by atoms with van der Waals surface area (Å²) in [7, 11) is 0. The van der Waals surface area contributed by atoms with E-state index >= 15 is 0 Å². The minimum absolute atomic E-state index is 0.217. The number of piperidine rings is 1. The van der Waals surface area contributed by atoms with Crippen molar-refractivity contribution in [3.63, 3.8) is 0 Å². The van der Waals surface area contributed by atoms with Crippen molar-refractivity contribution >= 4 is 0 Å². The highest BCUT2D eigenvalue weighted by Gasteiger charge is 2.36. The first-order chi connectivity index (χ1) is 10.8. The third-order valence-corrected chi connectivity index (χ3v) is 4.54. The van der Waals surface area contributed by atoms with Crippen molar-refractivity contribution in [2.45, 2.75) is 31.7 Å². The van der Waals surface area contributed by atoms with Gasteiger partial charge in [-0.1, -0.05) is 23.4 Å². The Morgan fingerprint density at radius 1 is 1.36 bits per heavy atom. The van der Waals surface area contributed by atoms with Crippen LogP contribution in [0.3, 0.4) is 0 Å². The van der Waals surface area contributed by atoms with E-state index in [2.05, 4.69) is 21.3 Å². The molecule has 3 heterocycles. The van der Waals surface area contributed by atoms with Crippen LogP contribution in [0.5, 0.6) is 0 Å². The van der Waals surface area contributed by atoms with E-state index < -0.39 is 0 Å². The largest absolute Gasteiger partial charge is 0.370 e. The normalized spacial score (nSPS) is 24.3. The van der Waals surface area contributed by atoms with Crippen LogP contribution in [0.15, 0.2) is 30.5 Å². The lowest BCUT2D eigenvalue weighted by Gasteiger charge is -2.41. The second-order valence-electron chi connectivity index (χ2n) is 5.88. The average molecular weight is 295 g/mol. The molecule has 0 aliphatic carbocycles. The summed E-state index contributed by atoms with van der Waals surface area (Å²) in [5.41, 5.74) is 2.88. The zero-order valence-electron chi connectivity index (χ0n) is 12.2. The zero-order chi connectivity index (χ0) is 14.9. The molecule has 6 heteroatoms. The Kier molecular flexibility index (Phi) is 3.37. The summed E-state index contributed by atoms with van der Waals surface area (Å²) in [5, 5.41) is 17.5. The van der Waals surface area contributed by atoms with Crippen molar-refractivity contribution in [3.8, 4) is 6.07 Å². The molecule has 6 nitrogen and oxygen atoms in total. The van der Waals surface area contributed by atoms with Crippen LogP contribution in [-0.2, 0) is 17.9 Å². The van der Waals surface area contributed by atoms with Gasteiger partial charge in [-0.3, -0.25) is 4.90 Å². The van der Waals surface area contributed by atoms with E-state index in [1.54, 1.807) is 6.20 Å². The highest BCUT2D eigenvalue weighted by molar-refractivity contribution is 5.37. The van der Waals surface area contributed by atoms with Crippen LogP contribution in [0, 0.1) is 11.3 Å². The van der Waals surface area contributed by atoms with E-state index in [4.69, 9.17) is 4.74 Å². The molecule has 112 valence electrons. The summed E-state index contributed by atoms with van der Waals surface area (Å²) in [6.07, 6.45) is 2.98. The van der Waals surface area contributed by atoms with Gasteiger partial charge in [0.2, 0.25) is 0 Å². The number of likely N-dealkylation sites (tertiary alicyclic amines) is 1. The van der Waals surface area contributed by atoms with Gasteiger partial charge < -0.3 is 4.74 Å². The maximum Gasteiger partial charge on any atom is 0.0995 e. The van der Waals surface area contributed by atoms with Crippen LogP contribution >= 0.6 is 0 Å². The molecular formula is C16H17N5O. The molecule has 2 aliphatic heterocycles. The summed E-state index contributed by atoms with van der Waals surface area (Å²) in [6, 6.07) is 10.3. The SMILES string of the molecule is N#Cc1ccccc1CN1CC[C@@H]2OCc3cnnn3[C@H]2C1. The van der Waals surface area contributed by atoms with Gasteiger partial charge in [-0.2, -0.15) is 5.26 Å². The third-order valence-electron chi connectivity index (χ3n) is 4.54. The first kappa shape index (κ1) is 13.4. The molecule has 2 aliphatic rings. The molecule has 0 spiro atoms. The minimum atomic E-state index is 0.217. The smallest absolute Gasteiger partial charge is 0.0995 e. The van der Waals surface area contributed by atoms with Gasteiger partial charge in [-0.05, 0) is 18.1 Å². The van der Waals surface area contributed by atoms with Crippen LogP contribution in [0.1, 0.15) is 29.3 Å². The predicted molar refractivity (Wildman–Crippen MR) is 78.7 cm³/mol. The summed E-state index contributed by atoms with van der Waals surface area (Å²) < 4.78 is 7.94. The number of benzene rings is 1. The molecule has 0 amide bonds. The van der Waals surface area contributed by atoms with E-state index in [1.807, 2.05) is 28.9 Å². The van der Waals surface area contributed by atoms with Gasteiger partial charge in [0.05, 0.1) is 42.3 Å². The van der Waals surface area contributed by atoms with Crippen LogP contribution in [-0.4, -0.2) is 39.1 Å². The molecular weight excluding hydrogens is 278 g/mol. The number of rotatable bonds is 2. The number of hydrogen-bond acceptors (Lipinski definition) is 5. The van der Waals surface area contributed by atoms with Crippen LogP contribution < -0.4 is 0 Å².